The molecule has 1 saturated carbocycles. The Hall–Kier alpha value is -1.52. The van der Waals surface area contributed by atoms with Crippen LogP contribution in [-0.2, 0) is 5.54 Å². The summed E-state index contributed by atoms with van der Waals surface area (Å²) >= 11 is 7.30. The number of methoxy groups -OCH3 is 1. The van der Waals surface area contributed by atoms with E-state index in [1.807, 2.05) is 29.6 Å². The van der Waals surface area contributed by atoms with Crippen LogP contribution in [0, 0.1) is 0 Å². The van der Waals surface area contributed by atoms with Crippen LogP contribution in [0.25, 0.3) is 0 Å². The number of hydrogen-bond donors (Lipinski definition) is 1. The Morgan fingerprint density at radius 3 is 2.60 bits per heavy atom. The van der Waals surface area contributed by atoms with E-state index in [4.69, 9.17) is 16.3 Å². The van der Waals surface area contributed by atoms with Crippen molar-refractivity contribution < 1.29 is 9.53 Å². The average molecular weight is 308 g/mol. The van der Waals surface area contributed by atoms with Crippen LogP contribution in [-0.4, -0.2) is 13.0 Å². The molecule has 0 spiro atoms. The van der Waals surface area contributed by atoms with Gasteiger partial charge in [-0.2, -0.15) is 0 Å². The van der Waals surface area contributed by atoms with Crippen molar-refractivity contribution in [3.05, 3.63) is 51.2 Å². The maximum Gasteiger partial charge on any atom is 0.265 e. The normalized spacial score (nSPS) is 15.7. The maximum atomic E-state index is 12.4. The Morgan fingerprint density at radius 1 is 1.30 bits per heavy atom. The maximum absolute atomic E-state index is 12.4. The molecule has 1 fully saturated rings. The Balaban J connectivity index is 1.80. The molecule has 104 valence electrons. The smallest absolute Gasteiger partial charge is 0.265 e. The number of ether oxygens (including phenoxy) is 1. The van der Waals surface area contributed by atoms with Crippen LogP contribution in [0.4, 0.5) is 0 Å². The molecule has 3 nitrogen and oxygen atoms in total. The molecule has 0 atom stereocenters. The van der Waals surface area contributed by atoms with Crippen molar-refractivity contribution in [2.45, 2.75) is 18.4 Å². The van der Waals surface area contributed by atoms with Gasteiger partial charge < -0.3 is 10.1 Å². The summed E-state index contributed by atoms with van der Waals surface area (Å²) in [4.78, 5) is 13.0. The van der Waals surface area contributed by atoms with Gasteiger partial charge in [0, 0.05) is 5.02 Å². The summed E-state index contributed by atoms with van der Waals surface area (Å²) in [7, 11) is 1.57. The van der Waals surface area contributed by atoms with Crippen LogP contribution in [0.3, 0.4) is 0 Å². The zero-order valence-corrected chi connectivity index (χ0v) is 12.6. The predicted molar refractivity (Wildman–Crippen MR) is 80.7 cm³/mol. The second kappa shape index (κ2) is 5.11. The van der Waals surface area contributed by atoms with Crippen LogP contribution in [0.15, 0.2) is 35.7 Å². The highest BCUT2D eigenvalue weighted by molar-refractivity contribution is 7.12. The lowest BCUT2D eigenvalue weighted by Gasteiger charge is -2.18. The van der Waals surface area contributed by atoms with Crippen molar-refractivity contribution in [1.82, 2.24) is 5.32 Å². The van der Waals surface area contributed by atoms with Gasteiger partial charge in [-0.1, -0.05) is 23.7 Å². The van der Waals surface area contributed by atoms with Gasteiger partial charge in [-0.15, -0.1) is 11.3 Å². The summed E-state index contributed by atoms with van der Waals surface area (Å²) in [5.74, 6) is 0.545. The second-order valence-corrected chi connectivity index (χ2v) is 6.21. The van der Waals surface area contributed by atoms with Gasteiger partial charge in [0.05, 0.1) is 12.6 Å². The van der Waals surface area contributed by atoms with Crippen LogP contribution in [0.2, 0.25) is 5.02 Å². The van der Waals surface area contributed by atoms with Gasteiger partial charge in [-0.05, 0) is 42.0 Å². The third-order valence-corrected chi connectivity index (χ3v) is 4.70. The monoisotopic (exact) mass is 307 g/mol. The van der Waals surface area contributed by atoms with Gasteiger partial charge >= 0.3 is 0 Å². The van der Waals surface area contributed by atoms with Crippen LogP contribution >= 0.6 is 22.9 Å². The fourth-order valence-corrected chi connectivity index (χ4v) is 3.16. The van der Waals surface area contributed by atoms with Gasteiger partial charge in [0.15, 0.2) is 0 Å². The molecule has 1 aromatic carbocycles. The summed E-state index contributed by atoms with van der Waals surface area (Å²) < 4.78 is 5.19. The number of thiophene rings is 1. The number of hydrogen-bond acceptors (Lipinski definition) is 3. The van der Waals surface area contributed by atoms with E-state index in [1.54, 1.807) is 13.2 Å². The van der Waals surface area contributed by atoms with Gasteiger partial charge in [-0.25, -0.2) is 0 Å². The number of halogens is 1. The van der Waals surface area contributed by atoms with E-state index in [-0.39, 0.29) is 11.4 Å². The highest BCUT2D eigenvalue weighted by atomic mass is 35.5. The molecule has 1 amide bonds. The molecule has 0 unspecified atom stereocenters. The first-order valence-corrected chi connectivity index (χ1v) is 7.60. The first-order valence-electron chi connectivity index (χ1n) is 6.35. The number of carbonyl (C=O) groups excluding carboxylic acids is 1. The minimum Gasteiger partial charge on any atom is -0.495 e. The molecule has 1 aliphatic rings. The van der Waals surface area contributed by atoms with E-state index < -0.39 is 0 Å². The topological polar surface area (TPSA) is 38.3 Å². The van der Waals surface area contributed by atoms with E-state index in [2.05, 4.69) is 5.32 Å². The lowest BCUT2D eigenvalue weighted by Crippen LogP contribution is -2.34. The molecule has 0 radical (unpaired) electrons. The Labute approximate surface area is 126 Å². The van der Waals surface area contributed by atoms with E-state index in [0.717, 1.165) is 18.4 Å². The van der Waals surface area contributed by atoms with Crippen molar-refractivity contribution >= 4 is 28.8 Å². The largest absolute Gasteiger partial charge is 0.495 e. The summed E-state index contributed by atoms with van der Waals surface area (Å²) in [6.07, 6.45) is 1.90. The summed E-state index contributed by atoms with van der Waals surface area (Å²) in [5.41, 5.74) is 0.863. The first kappa shape index (κ1) is 13.5. The van der Waals surface area contributed by atoms with Crippen molar-refractivity contribution in [2.24, 2.45) is 0 Å². The predicted octanol–water partition coefficient (Wildman–Crippen LogP) is 3.83. The molecule has 5 heteroatoms. The summed E-state index contributed by atoms with van der Waals surface area (Å²) in [6.45, 7) is 0. The van der Waals surface area contributed by atoms with Gasteiger partial charge in [0.25, 0.3) is 5.91 Å². The molecule has 1 aliphatic carbocycles. The molecular weight excluding hydrogens is 294 g/mol. The van der Waals surface area contributed by atoms with E-state index in [9.17, 15) is 4.79 Å². The Kier molecular flexibility index (Phi) is 3.44. The van der Waals surface area contributed by atoms with Crippen LogP contribution in [0.5, 0.6) is 5.75 Å². The van der Waals surface area contributed by atoms with Crippen molar-refractivity contribution in [3.63, 3.8) is 0 Å². The molecule has 2 aromatic rings. The van der Waals surface area contributed by atoms with Gasteiger partial charge in [-0.3, -0.25) is 4.79 Å². The lowest BCUT2D eigenvalue weighted by atomic mass is 10.0. The molecule has 0 bridgehead atoms. The molecule has 20 heavy (non-hydrogen) atoms. The molecule has 0 saturated heterocycles. The number of benzene rings is 1. The van der Waals surface area contributed by atoms with Crippen molar-refractivity contribution in [1.29, 1.82) is 0 Å². The first-order chi connectivity index (χ1) is 9.64. The molecule has 1 aromatic heterocycles. The number of amides is 1. The number of nitrogens with one attached hydrogen (secondary N) is 1. The third kappa shape index (κ3) is 2.41. The summed E-state index contributed by atoms with van der Waals surface area (Å²) in [5, 5.41) is 5.69. The molecule has 3 rings (SSSR count). The standard InChI is InChI=1S/C15H14ClNO2S/c1-19-12-6-9-20-13(12)14(18)17-15(7-8-15)10-2-4-11(16)5-3-10/h2-6,9H,7-8H2,1H3,(H,17,18). The number of carbonyl (C=O) groups is 1. The lowest BCUT2D eigenvalue weighted by molar-refractivity contribution is 0.0932. The summed E-state index contributed by atoms with van der Waals surface area (Å²) in [6, 6.07) is 9.47. The SMILES string of the molecule is COc1ccsc1C(=O)NC1(c2ccc(Cl)cc2)CC1. The van der Waals surface area contributed by atoms with Crippen LogP contribution < -0.4 is 10.1 Å². The number of rotatable bonds is 4. The van der Waals surface area contributed by atoms with E-state index >= 15 is 0 Å². The fraction of sp³-hybridized carbons (Fsp3) is 0.267. The second-order valence-electron chi connectivity index (χ2n) is 4.86. The van der Waals surface area contributed by atoms with Crippen molar-refractivity contribution in [3.8, 4) is 5.75 Å². The van der Waals surface area contributed by atoms with Crippen molar-refractivity contribution in [2.75, 3.05) is 7.11 Å². The Morgan fingerprint density at radius 2 is 2.00 bits per heavy atom. The molecule has 0 aliphatic heterocycles. The quantitative estimate of drug-likeness (QED) is 0.932. The van der Waals surface area contributed by atoms with Crippen LogP contribution in [0.1, 0.15) is 28.1 Å². The minimum absolute atomic E-state index is 0.0794. The average Bonchev–Trinajstić information content (AvgIpc) is 3.05. The van der Waals surface area contributed by atoms with E-state index in [0.29, 0.717) is 15.6 Å². The third-order valence-electron chi connectivity index (χ3n) is 3.55. The minimum atomic E-state index is -0.239. The zero-order valence-electron chi connectivity index (χ0n) is 11.0. The molecule has 1 heterocycles. The molecule has 1 N–H and O–H groups in total. The highest BCUT2D eigenvalue weighted by Crippen LogP contribution is 2.46. The Bertz CT molecular complexity index is 632. The fourth-order valence-electron chi connectivity index (χ4n) is 2.28. The van der Waals surface area contributed by atoms with Gasteiger partial charge in [0.1, 0.15) is 10.6 Å². The molecular formula is C15H14ClNO2S. The highest BCUT2D eigenvalue weighted by Gasteiger charge is 2.46. The van der Waals surface area contributed by atoms with E-state index in [1.165, 1.54) is 11.3 Å². The van der Waals surface area contributed by atoms with Gasteiger partial charge in [0.2, 0.25) is 0 Å². The zero-order chi connectivity index (χ0) is 14.2.